The fraction of sp³-hybridized carbons (Fsp3) is 0.440. The summed E-state index contributed by atoms with van der Waals surface area (Å²) in [7, 11) is -2.59. The van der Waals surface area contributed by atoms with E-state index in [4.69, 9.17) is 18.7 Å². The van der Waals surface area contributed by atoms with Gasteiger partial charge in [-0.1, -0.05) is 60.7 Å². The van der Waals surface area contributed by atoms with Crippen molar-refractivity contribution >= 4 is 20.5 Å². The van der Waals surface area contributed by atoms with Gasteiger partial charge in [-0.2, -0.15) is 0 Å². The van der Waals surface area contributed by atoms with E-state index in [2.05, 4.69) is 5.32 Å². The van der Waals surface area contributed by atoms with E-state index in [1.807, 2.05) is 60.7 Å². The van der Waals surface area contributed by atoms with E-state index in [0.717, 1.165) is 11.1 Å². The average Bonchev–Trinajstić information content (AvgIpc) is 2.82. The number of nitrogens with one attached hydrogen (secondary N) is 1. The highest BCUT2D eigenvalue weighted by atomic mass is 31.2. The number of hydrogen-bond acceptors (Lipinski definition) is 8. The van der Waals surface area contributed by atoms with Crippen LogP contribution >= 0.6 is 8.60 Å². The zero-order chi connectivity index (χ0) is 25.2. The zero-order valence-electron chi connectivity index (χ0n) is 19.8. The van der Waals surface area contributed by atoms with Gasteiger partial charge in [0.1, 0.15) is 12.2 Å². The summed E-state index contributed by atoms with van der Waals surface area (Å²) in [6.07, 6.45) is -1.75. The summed E-state index contributed by atoms with van der Waals surface area (Å²) in [4.78, 5) is 42.7. The minimum absolute atomic E-state index is 0.0477. The number of ether oxygens (including phenoxy) is 3. The molecule has 0 aromatic heterocycles. The molecule has 0 saturated heterocycles. The van der Waals surface area contributed by atoms with Crippen molar-refractivity contribution in [2.24, 2.45) is 5.92 Å². The van der Waals surface area contributed by atoms with Gasteiger partial charge in [-0.3, -0.25) is 9.59 Å². The van der Waals surface area contributed by atoms with Crippen LogP contribution < -0.4 is 5.32 Å². The van der Waals surface area contributed by atoms with Gasteiger partial charge in [-0.05, 0) is 17.5 Å². The lowest BCUT2D eigenvalue weighted by Gasteiger charge is -2.46. The summed E-state index contributed by atoms with van der Waals surface area (Å²) in [6, 6.07) is 18.5. The van der Waals surface area contributed by atoms with E-state index in [0.29, 0.717) is 0 Å². The third-order valence-corrected chi connectivity index (χ3v) is 6.12. The second-order valence-electron chi connectivity index (χ2n) is 8.44. The number of rotatable bonds is 11. The van der Waals surface area contributed by atoms with E-state index in [1.54, 1.807) is 0 Å². The normalized spacial score (nSPS) is 24.2. The summed E-state index contributed by atoms with van der Waals surface area (Å²) < 4.78 is 23.4. The van der Waals surface area contributed by atoms with Crippen molar-refractivity contribution in [1.29, 1.82) is 0 Å². The topological polar surface area (TPSA) is 124 Å². The van der Waals surface area contributed by atoms with Crippen LogP contribution in [0.1, 0.15) is 31.4 Å². The molecule has 3 rings (SSSR count). The molecule has 0 spiro atoms. The SMILES string of the molecule is CC(=O)N[C@H]1[C@@H](OCc2ccccc2)[C@H](OCc2ccccc2)[C@@H](COP(O)O)C[C@@H]1OC(C)=O. The molecule has 190 valence electrons. The lowest BCUT2D eigenvalue weighted by Crippen LogP contribution is -2.63. The van der Waals surface area contributed by atoms with Crippen molar-refractivity contribution in [1.82, 2.24) is 5.32 Å². The van der Waals surface area contributed by atoms with Gasteiger partial charge in [0, 0.05) is 19.8 Å². The Kier molecular flexibility index (Phi) is 10.6. The molecule has 1 amide bonds. The molecule has 0 bridgehead atoms. The fourth-order valence-electron chi connectivity index (χ4n) is 4.30. The fourth-order valence-corrected chi connectivity index (χ4v) is 4.62. The van der Waals surface area contributed by atoms with Gasteiger partial charge in [-0.25, -0.2) is 0 Å². The second-order valence-corrected chi connectivity index (χ2v) is 9.20. The minimum atomic E-state index is -2.59. The van der Waals surface area contributed by atoms with Crippen molar-refractivity contribution < 1.29 is 38.1 Å². The Bertz CT molecular complexity index is 930. The van der Waals surface area contributed by atoms with Crippen LogP contribution in [0.5, 0.6) is 0 Å². The van der Waals surface area contributed by atoms with E-state index in [9.17, 15) is 19.4 Å². The predicted molar refractivity (Wildman–Crippen MR) is 129 cm³/mol. The van der Waals surface area contributed by atoms with Crippen molar-refractivity contribution in [3.63, 3.8) is 0 Å². The van der Waals surface area contributed by atoms with Crippen molar-refractivity contribution in [2.45, 2.75) is 57.8 Å². The predicted octanol–water partition coefficient (Wildman–Crippen LogP) is 2.84. The van der Waals surface area contributed by atoms with Crippen LogP contribution in [-0.2, 0) is 41.5 Å². The van der Waals surface area contributed by atoms with E-state index in [-0.39, 0.29) is 32.1 Å². The number of hydrogen-bond donors (Lipinski definition) is 3. The van der Waals surface area contributed by atoms with E-state index >= 15 is 0 Å². The highest BCUT2D eigenvalue weighted by Crippen LogP contribution is 2.36. The van der Waals surface area contributed by atoms with Crippen LogP contribution in [0, 0.1) is 5.92 Å². The molecule has 1 saturated carbocycles. The van der Waals surface area contributed by atoms with Gasteiger partial charge < -0.3 is 33.8 Å². The number of benzene rings is 2. The first-order chi connectivity index (χ1) is 16.8. The third kappa shape index (κ3) is 8.65. The quantitative estimate of drug-likeness (QED) is 0.315. The molecule has 10 heteroatoms. The first-order valence-corrected chi connectivity index (χ1v) is 12.6. The van der Waals surface area contributed by atoms with Crippen LogP contribution in [0.4, 0.5) is 0 Å². The number of amides is 1. The molecule has 0 aliphatic heterocycles. The second kappa shape index (κ2) is 13.6. The molecular weight excluding hydrogens is 473 g/mol. The van der Waals surface area contributed by atoms with Gasteiger partial charge in [0.2, 0.25) is 5.91 Å². The molecule has 0 heterocycles. The van der Waals surface area contributed by atoms with Gasteiger partial charge in [0.15, 0.2) is 0 Å². The Morgan fingerprint density at radius 2 is 1.46 bits per heavy atom. The van der Waals surface area contributed by atoms with Crippen LogP contribution in [0.25, 0.3) is 0 Å². The smallest absolute Gasteiger partial charge is 0.327 e. The highest BCUT2D eigenvalue weighted by molar-refractivity contribution is 7.39. The molecule has 35 heavy (non-hydrogen) atoms. The Labute approximate surface area is 206 Å². The molecule has 1 aliphatic rings. The third-order valence-electron chi connectivity index (χ3n) is 5.74. The maximum Gasteiger partial charge on any atom is 0.327 e. The molecule has 0 unspecified atom stereocenters. The van der Waals surface area contributed by atoms with Gasteiger partial charge in [0.25, 0.3) is 0 Å². The lowest BCUT2D eigenvalue weighted by atomic mass is 9.79. The van der Waals surface area contributed by atoms with E-state index < -0.39 is 44.8 Å². The van der Waals surface area contributed by atoms with Gasteiger partial charge >= 0.3 is 14.6 Å². The summed E-state index contributed by atoms with van der Waals surface area (Å²) in [6.45, 7) is 3.15. The highest BCUT2D eigenvalue weighted by Gasteiger charge is 2.48. The molecule has 0 radical (unpaired) electrons. The van der Waals surface area contributed by atoms with Gasteiger partial charge in [-0.15, -0.1) is 0 Å². The Morgan fingerprint density at radius 3 is 1.94 bits per heavy atom. The molecule has 2 aromatic carbocycles. The standard InChI is InChI=1S/C25H32NO8P/c1-17(27)26-23-22(34-18(2)28)13-21(16-33-35(29)30)24(31-14-19-9-5-3-6-10-19)25(23)32-15-20-11-7-4-8-12-20/h3-12,21-25,29-30H,13-16H2,1-2H3,(H,26,27)/t21-,22+,23-,24-,25-/m1/s1. The lowest BCUT2D eigenvalue weighted by molar-refractivity contribution is -0.186. The minimum Gasteiger partial charge on any atom is -0.460 e. The number of carbonyl (C=O) groups is 2. The summed E-state index contributed by atoms with van der Waals surface area (Å²) in [5, 5.41) is 2.88. The van der Waals surface area contributed by atoms with Crippen LogP contribution in [-0.4, -0.2) is 52.6 Å². The first-order valence-electron chi connectivity index (χ1n) is 11.4. The van der Waals surface area contributed by atoms with Crippen molar-refractivity contribution in [3.8, 4) is 0 Å². The summed E-state index contributed by atoms with van der Waals surface area (Å²) in [5.74, 6) is -1.20. The van der Waals surface area contributed by atoms with Crippen molar-refractivity contribution in [2.75, 3.05) is 6.61 Å². The Balaban J connectivity index is 1.92. The summed E-state index contributed by atoms with van der Waals surface area (Å²) >= 11 is 0. The largest absolute Gasteiger partial charge is 0.460 e. The molecule has 1 fully saturated rings. The molecule has 2 aromatic rings. The van der Waals surface area contributed by atoms with Crippen molar-refractivity contribution in [3.05, 3.63) is 71.8 Å². The maximum absolute atomic E-state index is 12.1. The van der Waals surface area contributed by atoms with Gasteiger partial charge in [0.05, 0.1) is 32.0 Å². The molecular formula is C25H32NO8P. The summed E-state index contributed by atoms with van der Waals surface area (Å²) in [5.41, 5.74) is 1.87. The van der Waals surface area contributed by atoms with E-state index in [1.165, 1.54) is 13.8 Å². The zero-order valence-corrected chi connectivity index (χ0v) is 20.7. The molecule has 5 atom stereocenters. The molecule has 9 nitrogen and oxygen atoms in total. The average molecular weight is 506 g/mol. The molecule has 3 N–H and O–H groups in total. The van der Waals surface area contributed by atoms with Crippen LogP contribution in [0.2, 0.25) is 0 Å². The molecule has 1 aliphatic carbocycles. The number of esters is 1. The Morgan fingerprint density at radius 1 is 0.914 bits per heavy atom. The monoisotopic (exact) mass is 505 g/mol. The number of carbonyl (C=O) groups excluding carboxylic acids is 2. The maximum atomic E-state index is 12.1. The first kappa shape index (κ1) is 27.2. The van der Waals surface area contributed by atoms with Crippen LogP contribution in [0.3, 0.4) is 0 Å². The Hall–Kier alpha value is -2.39. The van der Waals surface area contributed by atoms with Crippen LogP contribution in [0.15, 0.2) is 60.7 Å².